The first-order chi connectivity index (χ1) is 6.00. The summed E-state index contributed by atoms with van der Waals surface area (Å²) in [4.78, 5) is 7.57. The van der Waals surface area contributed by atoms with Crippen LogP contribution in [0.3, 0.4) is 0 Å². The third-order valence-corrected chi connectivity index (χ3v) is 1.13. The number of hydrogen-bond acceptors (Lipinski definition) is 2. The third-order valence-electron chi connectivity index (χ3n) is 1.13. The van der Waals surface area contributed by atoms with Crippen molar-refractivity contribution in [3.05, 3.63) is 61.2 Å². The van der Waals surface area contributed by atoms with Crippen LogP contribution in [0.25, 0.3) is 0 Å². The summed E-state index contributed by atoms with van der Waals surface area (Å²) in [6.07, 6.45) is 7.00. The Morgan fingerprint density at radius 1 is 0.471 bits per heavy atom. The van der Waals surface area contributed by atoms with E-state index in [1.54, 1.807) is 24.8 Å². The van der Waals surface area contributed by atoms with E-state index in [1.165, 1.54) is 0 Å². The van der Waals surface area contributed by atoms with Gasteiger partial charge >= 0.3 is 17.4 Å². The largest absolute Gasteiger partial charge is 6.00 e. The van der Waals surface area contributed by atoms with Gasteiger partial charge in [-0.1, -0.05) is 12.1 Å². The number of pyridine rings is 2. The molecule has 0 bridgehead atoms. The topological polar surface area (TPSA) is 143 Å². The molecule has 0 saturated heterocycles. The van der Waals surface area contributed by atoms with Crippen molar-refractivity contribution in [3.63, 3.8) is 0 Å². The molecule has 17 heavy (non-hydrogen) atoms. The Morgan fingerprint density at radius 3 is 0.765 bits per heavy atom. The minimum Gasteiger partial charge on any atom is -2.00 e. The van der Waals surface area contributed by atoms with Gasteiger partial charge < -0.3 is 21.9 Å². The molecule has 0 aliphatic heterocycles. The van der Waals surface area contributed by atoms with Gasteiger partial charge in [-0.15, -0.1) is 0 Å². The summed E-state index contributed by atoms with van der Waals surface area (Å²) in [6.45, 7) is 0. The Hall–Kier alpha value is -1.33. The molecule has 92 valence electrons. The summed E-state index contributed by atoms with van der Waals surface area (Å²) in [6, 6.07) is 11.4. The molecule has 0 saturated carbocycles. The monoisotopic (exact) mass is 276 g/mol. The Balaban J connectivity index is -0.0000000436. The summed E-state index contributed by atoms with van der Waals surface area (Å²) in [5, 5.41) is 0. The van der Waals surface area contributed by atoms with E-state index in [1.807, 2.05) is 36.4 Å². The van der Waals surface area contributed by atoms with E-state index >= 15 is 0 Å². The van der Waals surface area contributed by atoms with Gasteiger partial charge in [0.2, 0.25) is 0 Å². The van der Waals surface area contributed by atoms with Crippen molar-refractivity contribution in [2.24, 2.45) is 0 Å². The summed E-state index contributed by atoms with van der Waals surface area (Å²) >= 11 is 0. The Bertz CT molecular complexity index is 202. The summed E-state index contributed by atoms with van der Waals surface area (Å²) in [5.41, 5.74) is 0. The average Bonchev–Trinajstić information content (AvgIpc) is 2.24. The van der Waals surface area contributed by atoms with Crippen molar-refractivity contribution in [2.45, 2.75) is 0 Å². The van der Waals surface area contributed by atoms with E-state index in [2.05, 4.69) is 9.97 Å². The minimum atomic E-state index is 0. The Kier molecular flexibility index (Phi) is 42.0. The quantitative estimate of drug-likeness (QED) is 0.706. The van der Waals surface area contributed by atoms with E-state index in [-0.39, 0.29) is 39.3 Å². The number of nitrogens with zero attached hydrogens (tertiary/aromatic N) is 2. The normalized spacial score (nSPS) is 5.65. The minimum absolute atomic E-state index is 0. The van der Waals surface area contributed by atoms with E-state index in [0.29, 0.717) is 0 Å². The number of rotatable bonds is 0. The molecular formula is C10H12CrN2O4. The molecule has 0 atom stereocenters. The van der Waals surface area contributed by atoms with Crippen molar-refractivity contribution in [1.82, 2.24) is 9.97 Å². The molecule has 0 radical (unpaired) electrons. The molecule has 0 aromatic carbocycles. The van der Waals surface area contributed by atoms with Crippen molar-refractivity contribution >= 4 is 0 Å². The van der Waals surface area contributed by atoms with Crippen LogP contribution >= 0.6 is 0 Å². The third kappa shape index (κ3) is 20.7. The second kappa shape index (κ2) is 24.1. The molecule has 0 unspecified atom stereocenters. The first-order valence-electron chi connectivity index (χ1n) is 3.70. The molecule has 0 amide bonds. The van der Waals surface area contributed by atoms with Crippen LogP contribution in [0.1, 0.15) is 0 Å². The van der Waals surface area contributed by atoms with Crippen molar-refractivity contribution in [3.8, 4) is 0 Å². The van der Waals surface area contributed by atoms with Gasteiger partial charge in [0.05, 0.1) is 0 Å². The number of hydrogen-bond donors (Lipinski definition) is 0. The molecular weight excluding hydrogens is 264 g/mol. The van der Waals surface area contributed by atoms with Crippen LogP contribution < -0.4 is 0 Å². The first-order valence-corrected chi connectivity index (χ1v) is 3.70. The van der Waals surface area contributed by atoms with Gasteiger partial charge in [0.15, 0.2) is 0 Å². The molecule has 2 N–H and O–H groups in total. The standard InChI is InChI=1S/2C5H5N.Cr.H2O.3O/c2*1-2-4-6-5-3-1;;;;;/h2*1-5H;;1H2;;;/q;;+6;;3*-2. The van der Waals surface area contributed by atoms with E-state index in [0.717, 1.165) is 0 Å². The van der Waals surface area contributed by atoms with Crippen LogP contribution in [0.5, 0.6) is 0 Å². The maximum absolute atomic E-state index is 3.78. The van der Waals surface area contributed by atoms with Crippen LogP contribution in [0.15, 0.2) is 61.2 Å². The zero-order valence-electron chi connectivity index (χ0n) is 8.80. The second-order valence-corrected chi connectivity index (χ2v) is 2.05. The average molecular weight is 276 g/mol. The zero-order chi connectivity index (χ0) is 8.49. The predicted molar refractivity (Wildman–Crippen MR) is 54.1 cm³/mol. The van der Waals surface area contributed by atoms with Crippen LogP contribution in [-0.2, 0) is 33.8 Å². The number of aromatic nitrogens is 2. The van der Waals surface area contributed by atoms with Gasteiger partial charge in [0, 0.05) is 24.8 Å². The molecule has 2 aromatic heterocycles. The van der Waals surface area contributed by atoms with Gasteiger partial charge in [-0.3, -0.25) is 9.97 Å². The van der Waals surface area contributed by atoms with Crippen molar-refractivity contribution in [1.29, 1.82) is 0 Å². The molecule has 7 heteroatoms. The molecule has 2 aromatic rings. The van der Waals surface area contributed by atoms with E-state index < -0.39 is 0 Å². The molecule has 0 spiro atoms. The summed E-state index contributed by atoms with van der Waals surface area (Å²) in [7, 11) is 0. The van der Waals surface area contributed by atoms with E-state index in [4.69, 9.17) is 0 Å². The summed E-state index contributed by atoms with van der Waals surface area (Å²) < 4.78 is 0. The molecule has 0 fully saturated rings. The fourth-order valence-corrected chi connectivity index (χ4v) is 0.625. The van der Waals surface area contributed by atoms with Gasteiger partial charge in [0.1, 0.15) is 0 Å². The zero-order valence-corrected chi connectivity index (χ0v) is 10.1. The van der Waals surface area contributed by atoms with Crippen molar-refractivity contribution in [2.75, 3.05) is 0 Å². The second-order valence-electron chi connectivity index (χ2n) is 2.05. The Labute approximate surface area is 111 Å². The van der Waals surface area contributed by atoms with Gasteiger partial charge in [-0.2, -0.15) is 0 Å². The summed E-state index contributed by atoms with van der Waals surface area (Å²) in [5.74, 6) is 0. The Morgan fingerprint density at radius 2 is 0.706 bits per heavy atom. The first kappa shape index (κ1) is 29.6. The van der Waals surface area contributed by atoms with Crippen LogP contribution in [0.2, 0.25) is 0 Å². The van der Waals surface area contributed by atoms with Crippen LogP contribution in [0.4, 0.5) is 0 Å². The van der Waals surface area contributed by atoms with Crippen LogP contribution in [-0.4, -0.2) is 15.4 Å². The van der Waals surface area contributed by atoms with Crippen molar-refractivity contribution < 1.29 is 39.3 Å². The SMILES string of the molecule is O.[Cr+6].[O-2].[O-2].[O-2].c1ccncc1.c1ccncc1. The van der Waals surface area contributed by atoms with Gasteiger partial charge in [-0.05, 0) is 24.3 Å². The maximum atomic E-state index is 3.78. The molecule has 2 heterocycles. The van der Waals surface area contributed by atoms with Gasteiger partial charge in [0.25, 0.3) is 0 Å². The molecule has 2 rings (SSSR count). The predicted octanol–water partition coefficient (Wildman–Crippen LogP) is 0.980. The molecule has 0 aliphatic rings. The maximum Gasteiger partial charge on any atom is 6.00 e. The molecule has 6 nitrogen and oxygen atoms in total. The molecule has 0 aliphatic carbocycles. The van der Waals surface area contributed by atoms with Gasteiger partial charge in [-0.25, -0.2) is 0 Å². The fourth-order valence-electron chi connectivity index (χ4n) is 0.625. The smallest absolute Gasteiger partial charge is 2.00 e. The fraction of sp³-hybridized carbons (Fsp3) is 0. The van der Waals surface area contributed by atoms with Crippen LogP contribution in [0, 0.1) is 0 Å². The van der Waals surface area contributed by atoms with E-state index in [9.17, 15) is 0 Å².